The Bertz CT molecular complexity index is 599. The topological polar surface area (TPSA) is 26.0 Å². The zero-order valence-electron chi connectivity index (χ0n) is 13.4. The molecular formula is C19H25NS. The lowest BCUT2D eigenvalue weighted by molar-refractivity contribution is 0.821. The average molecular weight is 299 g/mol. The number of hydrogen-bond donors (Lipinski definition) is 1. The highest BCUT2D eigenvalue weighted by molar-refractivity contribution is 7.98. The fraction of sp³-hybridized carbons (Fsp3) is 0.368. The monoisotopic (exact) mass is 299 g/mol. The largest absolute Gasteiger partial charge is 0.323 e. The van der Waals surface area contributed by atoms with Crippen LogP contribution in [0.4, 0.5) is 0 Å². The third-order valence-electron chi connectivity index (χ3n) is 3.68. The Morgan fingerprint density at radius 2 is 1.57 bits per heavy atom. The normalized spacial score (nSPS) is 12.4. The molecule has 112 valence electrons. The van der Waals surface area contributed by atoms with Crippen molar-refractivity contribution >= 4 is 11.8 Å². The zero-order valence-corrected chi connectivity index (χ0v) is 14.3. The van der Waals surface area contributed by atoms with Crippen LogP contribution in [0.25, 0.3) is 0 Å². The standard InChI is InChI=1S/C19H25NS/c1-13-5-6-16(4)18(10-13)19(20)12-21-11-17-8-14(2)7-15(3)9-17/h5-10,19H,11-12,20H2,1-4H3. The lowest BCUT2D eigenvalue weighted by atomic mass is 10.0. The van der Waals surface area contributed by atoms with Gasteiger partial charge in [-0.1, -0.05) is 53.1 Å². The molecule has 0 heterocycles. The maximum atomic E-state index is 6.37. The van der Waals surface area contributed by atoms with E-state index in [1.165, 1.54) is 33.4 Å². The summed E-state index contributed by atoms with van der Waals surface area (Å²) in [6, 6.07) is 13.4. The van der Waals surface area contributed by atoms with E-state index in [1.54, 1.807) is 0 Å². The van der Waals surface area contributed by atoms with Crippen molar-refractivity contribution in [3.05, 3.63) is 69.8 Å². The van der Waals surface area contributed by atoms with Gasteiger partial charge in [0.15, 0.2) is 0 Å². The molecule has 0 aromatic heterocycles. The summed E-state index contributed by atoms with van der Waals surface area (Å²) in [4.78, 5) is 0. The second kappa shape index (κ2) is 7.15. The van der Waals surface area contributed by atoms with Gasteiger partial charge in [0.1, 0.15) is 0 Å². The molecule has 2 aromatic carbocycles. The first-order chi connectivity index (χ1) is 9.95. The minimum atomic E-state index is 0.112. The molecule has 1 atom stereocenters. The molecule has 0 saturated carbocycles. The van der Waals surface area contributed by atoms with E-state index in [9.17, 15) is 0 Å². The van der Waals surface area contributed by atoms with E-state index in [2.05, 4.69) is 64.1 Å². The second-order valence-corrected chi connectivity index (χ2v) is 7.01. The molecule has 2 N–H and O–H groups in total. The molecule has 2 rings (SSSR count). The minimum Gasteiger partial charge on any atom is -0.323 e. The average Bonchev–Trinajstić information content (AvgIpc) is 2.40. The summed E-state index contributed by atoms with van der Waals surface area (Å²) in [5.41, 5.74) is 14.3. The van der Waals surface area contributed by atoms with Gasteiger partial charge in [-0.3, -0.25) is 0 Å². The fourth-order valence-corrected chi connectivity index (χ4v) is 3.66. The van der Waals surface area contributed by atoms with Gasteiger partial charge in [-0.2, -0.15) is 11.8 Å². The van der Waals surface area contributed by atoms with Crippen molar-refractivity contribution in [1.82, 2.24) is 0 Å². The zero-order chi connectivity index (χ0) is 15.4. The highest BCUT2D eigenvalue weighted by atomic mass is 32.2. The third-order valence-corrected chi connectivity index (χ3v) is 4.81. The van der Waals surface area contributed by atoms with E-state index in [1.807, 2.05) is 11.8 Å². The van der Waals surface area contributed by atoms with Crippen molar-refractivity contribution in [2.24, 2.45) is 5.73 Å². The van der Waals surface area contributed by atoms with Crippen LogP contribution in [0.1, 0.15) is 39.4 Å². The van der Waals surface area contributed by atoms with Crippen molar-refractivity contribution in [2.75, 3.05) is 5.75 Å². The lowest BCUT2D eigenvalue weighted by Gasteiger charge is -2.15. The number of aryl methyl sites for hydroxylation is 4. The Balaban J connectivity index is 1.95. The molecule has 0 saturated heterocycles. The van der Waals surface area contributed by atoms with Gasteiger partial charge in [-0.25, -0.2) is 0 Å². The fourth-order valence-electron chi connectivity index (χ4n) is 2.71. The molecule has 1 unspecified atom stereocenters. The first kappa shape index (κ1) is 16.1. The van der Waals surface area contributed by atoms with Crippen LogP contribution < -0.4 is 5.73 Å². The van der Waals surface area contributed by atoms with Crippen LogP contribution in [0.5, 0.6) is 0 Å². The molecule has 0 radical (unpaired) electrons. The highest BCUT2D eigenvalue weighted by Crippen LogP contribution is 2.23. The summed E-state index contributed by atoms with van der Waals surface area (Å²) in [5, 5.41) is 0. The summed E-state index contributed by atoms with van der Waals surface area (Å²) >= 11 is 1.92. The van der Waals surface area contributed by atoms with E-state index in [-0.39, 0.29) is 6.04 Å². The van der Waals surface area contributed by atoms with Crippen molar-refractivity contribution in [2.45, 2.75) is 39.5 Å². The molecule has 1 nitrogen and oxygen atoms in total. The molecule has 0 aliphatic heterocycles. The van der Waals surface area contributed by atoms with Gasteiger partial charge in [0, 0.05) is 17.5 Å². The Morgan fingerprint density at radius 1 is 0.905 bits per heavy atom. The maximum Gasteiger partial charge on any atom is 0.0389 e. The van der Waals surface area contributed by atoms with Crippen LogP contribution in [-0.2, 0) is 5.75 Å². The number of benzene rings is 2. The smallest absolute Gasteiger partial charge is 0.0389 e. The molecule has 0 spiro atoms. The molecular weight excluding hydrogens is 274 g/mol. The van der Waals surface area contributed by atoms with Crippen LogP contribution in [0.15, 0.2) is 36.4 Å². The number of nitrogens with two attached hydrogens (primary N) is 1. The molecule has 2 heteroatoms. The predicted octanol–water partition coefficient (Wildman–Crippen LogP) is 4.85. The summed E-state index contributed by atoms with van der Waals surface area (Å²) in [6.07, 6.45) is 0. The molecule has 0 amide bonds. The number of thioether (sulfide) groups is 1. The molecule has 2 aromatic rings. The Hall–Kier alpha value is -1.25. The minimum absolute atomic E-state index is 0.112. The third kappa shape index (κ3) is 4.62. The lowest BCUT2D eigenvalue weighted by Crippen LogP contribution is -2.14. The van der Waals surface area contributed by atoms with Crippen LogP contribution in [-0.4, -0.2) is 5.75 Å². The summed E-state index contributed by atoms with van der Waals surface area (Å²) < 4.78 is 0. The van der Waals surface area contributed by atoms with Gasteiger partial charge < -0.3 is 5.73 Å². The van der Waals surface area contributed by atoms with Crippen LogP contribution in [0.3, 0.4) is 0 Å². The first-order valence-electron chi connectivity index (χ1n) is 7.43. The van der Waals surface area contributed by atoms with E-state index < -0.39 is 0 Å². The number of rotatable bonds is 5. The van der Waals surface area contributed by atoms with Crippen molar-refractivity contribution in [1.29, 1.82) is 0 Å². The van der Waals surface area contributed by atoms with E-state index in [0.29, 0.717) is 0 Å². The summed E-state index contributed by atoms with van der Waals surface area (Å²) in [7, 11) is 0. The Morgan fingerprint density at radius 3 is 2.24 bits per heavy atom. The Labute approximate surface area is 133 Å². The highest BCUT2D eigenvalue weighted by Gasteiger charge is 2.09. The first-order valence-corrected chi connectivity index (χ1v) is 8.59. The van der Waals surface area contributed by atoms with E-state index in [0.717, 1.165) is 11.5 Å². The molecule has 0 aliphatic rings. The van der Waals surface area contributed by atoms with Crippen LogP contribution in [0, 0.1) is 27.7 Å². The van der Waals surface area contributed by atoms with Crippen LogP contribution >= 0.6 is 11.8 Å². The Kier molecular flexibility index (Phi) is 5.49. The SMILES string of the molecule is Cc1cc(C)cc(CSCC(N)c2cc(C)ccc2C)c1. The van der Waals surface area contributed by atoms with Gasteiger partial charge in [-0.05, 0) is 44.4 Å². The molecule has 21 heavy (non-hydrogen) atoms. The molecule has 0 fully saturated rings. The summed E-state index contributed by atoms with van der Waals surface area (Å²) in [5.74, 6) is 1.98. The van der Waals surface area contributed by atoms with Crippen molar-refractivity contribution < 1.29 is 0 Å². The molecule has 0 aliphatic carbocycles. The van der Waals surface area contributed by atoms with Gasteiger partial charge >= 0.3 is 0 Å². The van der Waals surface area contributed by atoms with Crippen LogP contribution in [0.2, 0.25) is 0 Å². The van der Waals surface area contributed by atoms with Crippen molar-refractivity contribution in [3.63, 3.8) is 0 Å². The second-order valence-electron chi connectivity index (χ2n) is 5.98. The number of hydrogen-bond acceptors (Lipinski definition) is 2. The predicted molar refractivity (Wildman–Crippen MR) is 94.9 cm³/mol. The van der Waals surface area contributed by atoms with Gasteiger partial charge in [0.05, 0.1) is 0 Å². The van der Waals surface area contributed by atoms with Gasteiger partial charge in [-0.15, -0.1) is 0 Å². The van der Waals surface area contributed by atoms with Gasteiger partial charge in [0.2, 0.25) is 0 Å². The van der Waals surface area contributed by atoms with E-state index in [4.69, 9.17) is 5.73 Å². The maximum absolute atomic E-state index is 6.37. The van der Waals surface area contributed by atoms with Gasteiger partial charge in [0.25, 0.3) is 0 Å². The molecule has 0 bridgehead atoms. The quantitative estimate of drug-likeness (QED) is 0.853. The van der Waals surface area contributed by atoms with E-state index >= 15 is 0 Å². The van der Waals surface area contributed by atoms with Crippen molar-refractivity contribution in [3.8, 4) is 0 Å². The summed E-state index contributed by atoms with van der Waals surface area (Å²) in [6.45, 7) is 8.58.